The van der Waals surface area contributed by atoms with E-state index in [4.69, 9.17) is 23.2 Å². The van der Waals surface area contributed by atoms with Crippen LogP contribution in [0.3, 0.4) is 0 Å². The predicted molar refractivity (Wildman–Crippen MR) is 90.2 cm³/mol. The van der Waals surface area contributed by atoms with Crippen molar-refractivity contribution in [2.75, 3.05) is 0 Å². The summed E-state index contributed by atoms with van der Waals surface area (Å²) < 4.78 is 1.85. The van der Waals surface area contributed by atoms with Gasteiger partial charge in [0.1, 0.15) is 5.82 Å². The number of rotatable bonds is 4. The number of hydrogen-bond donors (Lipinski definition) is 1. The Hall–Kier alpha value is -2.30. The lowest BCUT2D eigenvalue weighted by molar-refractivity contribution is 0.0695. The lowest BCUT2D eigenvalue weighted by Crippen LogP contribution is -2.07. The lowest BCUT2D eigenvalue weighted by atomic mass is 10.1. The van der Waals surface area contributed by atoms with Gasteiger partial charge in [-0.3, -0.25) is 0 Å². The highest BCUT2D eigenvalue weighted by Crippen LogP contribution is 2.30. The van der Waals surface area contributed by atoms with E-state index in [0.717, 1.165) is 0 Å². The highest BCUT2D eigenvalue weighted by Gasteiger charge is 2.14. The molecule has 1 N–H and O–H groups in total. The summed E-state index contributed by atoms with van der Waals surface area (Å²) in [6.45, 7) is 0.376. The maximum absolute atomic E-state index is 11.3. The Balaban J connectivity index is 2.03. The van der Waals surface area contributed by atoms with Crippen LogP contribution in [0, 0.1) is 0 Å². The molecule has 1 aromatic heterocycles. The summed E-state index contributed by atoms with van der Waals surface area (Å²) in [5, 5.41) is 10.4. The molecule has 3 aromatic rings. The van der Waals surface area contributed by atoms with Gasteiger partial charge < -0.3 is 9.67 Å². The second-order valence-electron chi connectivity index (χ2n) is 4.97. The minimum Gasteiger partial charge on any atom is -0.478 e. The first-order valence-corrected chi connectivity index (χ1v) is 7.59. The molecule has 0 atom stereocenters. The molecule has 1 heterocycles. The van der Waals surface area contributed by atoms with E-state index < -0.39 is 5.97 Å². The van der Waals surface area contributed by atoms with Crippen molar-refractivity contribution in [1.82, 2.24) is 9.55 Å². The number of carboxylic acid groups (broad SMARTS) is 1. The number of nitrogens with zero attached hydrogens (tertiary/aromatic N) is 2. The summed E-state index contributed by atoms with van der Waals surface area (Å²) in [7, 11) is 0. The summed E-state index contributed by atoms with van der Waals surface area (Å²) in [5.74, 6) is -0.319. The van der Waals surface area contributed by atoms with Crippen LogP contribution in [-0.2, 0) is 6.54 Å². The predicted octanol–water partition coefficient (Wildman–Crippen LogP) is 4.60. The van der Waals surface area contributed by atoms with Gasteiger partial charge in [-0.15, -0.1) is 0 Å². The standard InChI is InChI=1S/C17H12Cl2N2O2/c18-12-5-6-15(19)14(9-12)16-20-7-8-21(16)10-11-3-1-2-4-13(11)17(22)23/h1-9H,10H2,(H,22,23). The molecule has 116 valence electrons. The Morgan fingerprint density at radius 1 is 1.17 bits per heavy atom. The number of imidazole rings is 1. The molecule has 0 saturated heterocycles. The molecule has 0 bridgehead atoms. The van der Waals surface area contributed by atoms with Crippen LogP contribution in [0.5, 0.6) is 0 Å². The van der Waals surface area contributed by atoms with Crippen molar-refractivity contribution in [2.45, 2.75) is 6.54 Å². The number of carboxylic acids is 1. The first-order valence-electron chi connectivity index (χ1n) is 6.84. The highest BCUT2D eigenvalue weighted by atomic mass is 35.5. The Labute approximate surface area is 142 Å². The van der Waals surface area contributed by atoms with Gasteiger partial charge in [0.25, 0.3) is 0 Å². The summed E-state index contributed by atoms with van der Waals surface area (Å²) in [6.07, 6.45) is 3.43. The van der Waals surface area contributed by atoms with Gasteiger partial charge in [-0.2, -0.15) is 0 Å². The fraction of sp³-hybridized carbons (Fsp3) is 0.0588. The molecule has 6 heteroatoms. The first-order chi connectivity index (χ1) is 11.1. The number of aromatic nitrogens is 2. The first kappa shape index (κ1) is 15.6. The van der Waals surface area contributed by atoms with E-state index in [2.05, 4.69) is 4.98 Å². The van der Waals surface area contributed by atoms with Gasteiger partial charge in [0.15, 0.2) is 0 Å². The fourth-order valence-electron chi connectivity index (χ4n) is 2.40. The van der Waals surface area contributed by atoms with Crippen molar-refractivity contribution < 1.29 is 9.90 Å². The average molecular weight is 347 g/mol. The third-order valence-corrected chi connectivity index (χ3v) is 4.04. The van der Waals surface area contributed by atoms with Crippen LogP contribution in [0.1, 0.15) is 15.9 Å². The van der Waals surface area contributed by atoms with Crippen LogP contribution in [0.25, 0.3) is 11.4 Å². The number of carbonyl (C=O) groups is 1. The SMILES string of the molecule is O=C(O)c1ccccc1Cn1ccnc1-c1cc(Cl)ccc1Cl. The molecular formula is C17H12Cl2N2O2. The minimum atomic E-state index is -0.956. The van der Waals surface area contributed by atoms with E-state index in [1.54, 1.807) is 48.8 Å². The van der Waals surface area contributed by atoms with E-state index in [9.17, 15) is 9.90 Å². The molecule has 23 heavy (non-hydrogen) atoms. The molecule has 0 aliphatic rings. The van der Waals surface area contributed by atoms with Crippen LogP contribution in [-0.4, -0.2) is 20.6 Å². The molecule has 3 rings (SSSR count). The van der Waals surface area contributed by atoms with E-state index in [1.165, 1.54) is 0 Å². The topological polar surface area (TPSA) is 55.1 Å². The summed E-state index contributed by atoms with van der Waals surface area (Å²) >= 11 is 12.3. The summed E-state index contributed by atoms with van der Waals surface area (Å²) in [6, 6.07) is 12.0. The smallest absolute Gasteiger partial charge is 0.336 e. The largest absolute Gasteiger partial charge is 0.478 e. The molecule has 4 nitrogen and oxygen atoms in total. The van der Waals surface area contributed by atoms with Crippen molar-refractivity contribution in [3.05, 3.63) is 76.0 Å². The van der Waals surface area contributed by atoms with Gasteiger partial charge in [0, 0.05) is 29.5 Å². The molecule has 0 saturated carbocycles. The number of benzene rings is 2. The molecule has 0 fully saturated rings. The molecule has 0 spiro atoms. The van der Waals surface area contributed by atoms with Crippen molar-refractivity contribution in [3.8, 4) is 11.4 Å². The van der Waals surface area contributed by atoms with E-state index in [-0.39, 0.29) is 5.56 Å². The van der Waals surface area contributed by atoms with Crippen molar-refractivity contribution in [1.29, 1.82) is 0 Å². The van der Waals surface area contributed by atoms with Crippen LogP contribution in [0.2, 0.25) is 10.0 Å². The van der Waals surface area contributed by atoms with E-state index >= 15 is 0 Å². The van der Waals surface area contributed by atoms with Gasteiger partial charge >= 0.3 is 5.97 Å². The summed E-state index contributed by atoms with van der Waals surface area (Å²) in [4.78, 5) is 15.7. The molecule has 0 unspecified atom stereocenters. The fourth-order valence-corrected chi connectivity index (χ4v) is 2.77. The van der Waals surface area contributed by atoms with E-state index in [1.807, 2.05) is 10.6 Å². The van der Waals surface area contributed by atoms with Crippen molar-refractivity contribution in [3.63, 3.8) is 0 Å². The van der Waals surface area contributed by atoms with Crippen LogP contribution in [0.4, 0.5) is 0 Å². The van der Waals surface area contributed by atoms with Crippen molar-refractivity contribution >= 4 is 29.2 Å². The number of aromatic carboxylic acids is 1. The van der Waals surface area contributed by atoms with Crippen LogP contribution < -0.4 is 0 Å². The molecule has 0 amide bonds. The van der Waals surface area contributed by atoms with Gasteiger partial charge in [0.2, 0.25) is 0 Å². The Bertz CT molecular complexity index is 875. The zero-order chi connectivity index (χ0) is 16.4. The lowest BCUT2D eigenvalue weighted by Gasteiger charge is -2.11. The Kier molecular flexibility index (Phi) is 4.37. The van der Waals surface area contributed by atoms with Gasteiger partial charge in [-0.05, 0) is 29.8 Å². The zero-order valence-corrected chi connectivity index (χ0v) is 13.4. The monoisotopic (exact) mass is 346 g/mol. The maximum Gasteiger partial charge on any atom is 0.336 e. The average Bonchev–Trinajstić information content (AvgIpc) is 2.98. The number of halogens is 2. The Morgan fingerprint density at radius 3 is 2.74 bits per heavy atom. The molecule has 0 aliphatic carbocycles. The van der Waals surface area contributed by atoms with Gasteiger partial charge in [0.05, 0.1) is 10.6 Å². The second-order valence-corrected chi connectivity index (χ2v) is 5.81. The summed E-state index contributed by atoms with van der Waals surface area (Å²) in [5.41, 5.74) is 1.67. The van der Waals surface area contributed by atoms with Crippen LogP contribution in [0.15, 0.2) is 54.9 Å². The van der Waals surface area contributed by atoms with Gasteiger partial charge in [-0.1, -0.05) is 41.4 Å². The van der Waals surface area contributed by atoms with Crippen molar-refractivity contribution in [2.24, 2.45) is 0 Å². The quantitative estimate of drug-likeness (QED) is 0.750. The molecular weight excluding hydrogens is 335 g/mol. The normalized spacial score (nSPS) is 10.7. The maximum atomic E-state index is 11.3. The van der Waals surface area contributed by atoms with Gasteiger partial charge in [-0.25, -0.2) is 9.78 Å². The zero-order valence-electron chi connectivity index (χ0n) is 11.9. The minimum absolute atomic E-state index is 0.268. The third kappa shape index (κ3) is 3.23. The van der Waals surface area contributed by atoms with E-state index in [0.29, 0.717) is 33.5 Å². The molecule has 0 aliphatic heterocycles. The molecule has 2 aromatic carbocycles. The highest BCUT2D eigenvalue weighted by molar-refractivity contribution is 6.35. The molecule has 0 radical (unpaired) electrons. The third-order valence-electron chi connectivity index (χ3n) is 3.47. The Morgan fingerprint density at radius 2 is 1.96 bits per heavy atom. The number of hydrogen-bond acceptors (Lipinski definition) is 2. The second kappa shape index (κ2) is 6.44. The van der Waals surface area contributed by atoms with Crippen LogP contribution >= 0.6 is 23.2 Å².